The fourth-order valence-electron chi connectivity index (χ4n) is 4.14. The molecule has 1 aromatic carbocycles. The van der Waals surface area contributed by atoms with Crippen LogP contribution in [0.3, 0.4) is 0 Å². The predicted octanol–water partition coefficient (Wildman–Crippen LogP) is -0.110. The summed E-state index contributed by atoms with van der Waals surface area (Å²) in [7, 11) is 0. The van der Waals surface area contributed by atoms with Crippen molar-refractivity contribution in [3.05, 3.63) is 29.3 Å². The van der Waals surface area contributed by atoms with Crippen LogP contribution in [0.4, 0.5) is 0 Å². The maximum Gasteiger partial charge on any atom is 0.266 e. The van der Waals surface area contributed by atoms with Crippen LogP contribution in [-0.2, 0) is 9.59 Å². The van der Waals surface area contributed by atoms with Crippen molar-refractivity contribution in [3.63, 3.8) is 0 Å². The standard InChI is InChI=1S/C20H24N4O5/c21-12-7-9-23(11-12)8-2-10-29-15-4-1-3-13-17(15)20(28)24(19(13)27)14-5-6-16(25)22-18(14)26/h1,3-4,12,14H,2,5-11,21H2,(H,22,25,26)/t12-,14?/m1/s1. The highest BCUT2D eigenvalue weighted by atomic mass is 16.5. The SMILES string of the molecule is N[C@@H]1CCN(CCCOc2cccc3c2C(=O)N(C2CCC(=O)NC2=O)C3=O)C1. The summed E-state index contributed by atoms with van der Waals surface area (Å²) in [5.74, 6) is -1.77. The highest BCUT2D eigenvalue weighted by Gasteiger charge is 2.45. The molecule has 0 saturated carbocycles. The van der Waals surface area contributed by atoms with Gasteiger partial charge < -0.3 is 15.4 Å². The molecule has 0 spiro atoms. The van der Waals surface area contributed by atoms with E-state index in [-0.39, 0.29) is 30.0 Å². The fraction of sp³-hybridized carbons (Fsp3) is 0.500. The Morgan fingerprint density at radius 2 is 1.97 bits per heavy atom. The molecule has 4 amide bonds. The Balaban J connectivity index is 1.43. The van der Waals surface area contributed by atoms with Crippen LogP contribution in [0.1, 0.15) is 46.4 Å². The van der Waals surface area contributed by atoms with Crippen molar-refractivity contribution in [2.24, 2.45) is 5.73 Å². The van der Waals surface area contributed by atoms with Gasteiger partial charge in [-0.3, -0.25) is 29.4 Å². The van der Waals surface area contributed by atoms with Crippen molar-refractivity contribution in [1.82, 2.24) is 15.1 Å². The van der Waals surface area contributed by atoms with Crippen LogP contribution in [0.15, 0.2) is 18.2 Å². The molecule has 154 valence electrons. The van der Waals surface area contributed by atoms with Gasteiger partial charge in [-0.15, -0.1) is 0 Å². The third kappa shape index (κ3) is 3.75. The van der Waals surface area contributed by atoms with Gasteiger partial charge in [-0.1, -0.05) is 6.07 Å². The van der Waals surface area contributed by atoms with E-state index in [4.69, 9.17) is 10.5 Å². The summed E-state index contributed by atoms with van der Waals surface area (Å²) in [5.41, 5.74) is 6.32. The average molecular weight is 400 g/mol. The summed E-state index contributed by atoms with van der Waals surface area (Å²) < 4.78 is 5.82. The first-order chi connectivity index (χ1) is 14.0. The van der Waals surface area contributed by atoms with E-state index in [1.54, 1.807) is 18.2 Å². The van der Waals surface area contributed by atoms with E-state index in [9.17, 15) is 19.2 Å². The first-order valence-electron chi connectivity index (χ1n) is 9.91. The molecule has 2 atom stereocenters. The summed E-state index contributed by atoms with van der Waals surface area (Å²) in [6.07, 6.45) is 1.99. The fourth-order valence-corrected chi connectivity index (χ4v) is 4.14. The Labute approximate surface area is 168 Å². The average Bonchev–Trinajstić information content (AvgIpc) is 3.21. The molecular formula is C20H24N4O5. The Morgan fingerprint density at radius 1 is 1.14 bits per heavy atom. The zero-order chi connectivity index (χ0) is 20.5. The van der Waals surface area contributed by atoms with Crippen LogP contribution in [-0.4, -0.2) is 71.8 Å². The highest BCUT2D eigenvalue weighted by Crippen LogP contribution is 2.33. The molecular weight excluding hydrogens is 376 g/mol. The molecule has 1 aromatic rings. The van der Waals surface area contributed by atoms with Gasteiger partial charge in [0.1, 0.15) is 11.8 Å². The van der Waals surface area contributed by atoms with Crippen LogP contribution < -0.4 is 15.8 Å². The number of piperidine rings is 1. The Kier molecular flexibility index (Phi) is 5.33. The third-order valence-electron chi connectivity index (χ3n) is 5.61. The van der Waals surface area contributed by atoms with Crippen molar-refractivity contribution < 1.29 is 23.9 Å². The summed E-state index contributed by atoms with van der Waals surface area (Å²) in [5, 5.41) is 2.19. The molecule has 4 rings (SSSR count). The monoisotopic (exact) mass is 400 g/mol. The molecule has 0 bridgehead atoms. The smallest absolute Gasteiger partial charge is 0.266 e. The summed E-state index contributed by atoms with van der Waals surface area (Å²) in [4.78, 5) is 52.5. The Hall–Kier alpha value is -2.78. The maximum absolute atomic E-state index is 13.0. The van der Waals surface area contributed by atoms with Crippen LogP contribution in [0.5, 0.6) is 5.75 Å². The lowest BCUT2D eigenvalue weighted by Crippen LogP contribution is -2.54. The van der Waals surface area contributed by atoms with E-state index >= 15 is 0 Å². The number of ether oxygens (including phenoxy) is 1. The van der Waals surface area contributed by atoms with Crippen LogP contribution in [0, 0.1) is 0 Å². The van der Waals surface area contributed by atoms with Crippen LogP contribution in [0.2, 0.25) is 0 Å². The maximum atomic E-state index is 13.0. The second kappa shape index (κ2) is 7.92. The second-order valence-electron chi connectivity index (χ2n) is 7.68. The van der Waals surface area contributed by atoms with Gasteiger partial charge in [0.05, 0.1) is 17.7 Å². The number of likely N-dealkylation sites (tertiary alicyclic amines) is 1. The number of amides is 4. The molecule has 0 radical (unpaired) electrons. The van der Waals surface area contributed by atoms with Gasteiger partial charge in [0.25, 0.3) is 11.8 Å². The number of imide groups is 2. The molecule has 0 aliphatic carbocycles. The van der Waals surface area contributed by atoms with Gasteiger partial charge in [0.15, 0.2) is 0 Å². The number of hydrogen-bond acceptors (Lipinski definition) is 7. The van der Waals surface area contributed by atoms with E-state index in [2.05, 4.69) is 10.2 Å². The molecule has 3 aliphatic rings. The number of carbonyl (C=O) groups is 4. The van der Waals surface area contributed by atoms with Crippen LogP contribution >= 0.6 is 0 Å². The lowest BCUT2D eigenvalue weighted by molar-refractivity contribution is -0.136. The molecule has 3 aliphatic heterocycles. The summed E-state index contributed by atoms with van der Waals surface area (Å²) >= 11 is 0. The first kappa shape index (κ1) is 19.5. The van der Waals surface area contributed by atoms with Gasteiger partial charge in [0, 0.05) is 25.6 Å². The van der Waals surface area contributed by atoms with Gasteiger partial charge in [-0.25, -0.2) is 0 Å². The molecule has 2 fully saturated rings. The third-order valence-corrected chi connectivity index (χ3v) is 5.61. The van der Waals surface area contributed by atoms with Gasteiger partial charge in [-0.2, -0.15) is 0 Å². The van der Waals surface area contributed by atoms with E-state index in [1.807, 2.05) is 0 Å². The number of nitrogens with two attached hydrogens (primary N) is 1. The molecule has 0 aromatic heterocycles. The second-order valence-corrected chi connectivity index (χ2v) is 7.68. The van der Waals surface area contributed by atoms with Crippen LogP contribution in [0.25, 0.3) is 0 Å². The number of hydrogen-bond donors (Lipinski definition) is 2. The number of rotatable bonds is 6. The molecule has 3 N–H and O–H groups in total. The van der Waals surface area contributed by atoms with Gasteiger partial charge >= 0.3 is 0 Å². The lowest BCUT2D eigenvalue weighted by atomic mass is 10.0. The molecule has 1 unspecified atom stereocenters. The normalized spacial score (nSPS) is 24.8. The van der Waals surface area contributed by atoms with E-state index in [0.717, 1.165) is 37.4 Å². The van der Waals surface area contributed by atoms with Gasteiger partial charge in [0.2, 0.25) is 11.8 Å². The Bertz CT molecular complexity index is 870. The molecule has 9 nitrogen and oxygen atoms in total. The molecule has 3 heterocycles. The molecule has 2 saturated heterocycles. The minimum atomic E-state index is -0.979. The number of fused-ring (bicyclic) bond motifs is 1. The lowest BCUT2D eigenvalue weighted by Gasteiger charge is -2.27. The zero-order valence-electron chi connectivity index (χ0n) is 16.1. The first-order valence-corrected chi connectivity index (χ1v) is 9.91. The minimum Gasteiger partial charge on any atom is -0.493 e. The van der Waals surface area contributed by atoms with Crippen molar-refractivity contribution in [1.29, 1.82) is 0 Å². The Morgan fingerprint density at radius 3 is 2.69 bits per heavy atom. The quantitative estimate of drug-likeness (QED) is 0.505. The predicted molar refractivity (Wildman–Crippen MR) is 102 cm³/mol. The highest BCUT2D eigenvalue weighted by molar-refractivity contribution is 6.24. The van der Waals surface area contributed by atoms with E-state index in [0.29, 0.717) is 12.4 Å². The topological polar surface area (TPSA) is 122 Å². The summed E-state index contributed by atoms with van der Waals surface area (Å²) in [6, 6.07) is 4.12. The van der Waals surface area contributed by atoms with Crippen molar-refractivity contribution in [3.8, 4) is 5.75 Å². The number of nitrogens with one attached hydrogen (secondary N) is 1. The van der Waals surface area contributed by atoms with E-state index < -0.39 is 29.7 Å². The number of carbonyl (C=O) groups excluding carboxylic acids is 4. The zero-order valence-corrected chi connectivity index (χ0v) is 16.1. The van der Waals surface area contributed by atoms with Crippen molar-refractivity contribution in [2.45, 2.75) is 37.8 Å². The largest absolute Gasteiger partial charge is 0.493 e. The van der Waals surface area contributed by atoms with Gasteiger partial charge in [-0.05, 0) is 37.9 Å². The summed E-state index contributed by atoms with van der Waals surface area (Å²) in [6.45, 7) is 3.13. The molecule has 29 heavy (non-hydrogen) atoms. The van der Waals surface area contributed by atoms with Crippen molar-refractivity contribution >= 4 is 23.6 Å². The minimum absolute atomic E-state index is 0.0906. The van der Waals surface area contributed by atoms with E-state index in [1.165, 1.54) is 0 Å². The van der Waals surface area contributed by atoms with Crippen molar-refractivity contribution in [2.75, 3.05) is 26.2 Å². The molecule has 9 heteroatoms. The number of benzene rings is 1. The number of nitrogens with zero attached hydrogens (tertiary/aromatic N) is 2.